The Kier molecular flexibility index (Phi) is 5.76. The molecule has 19 heavy (non-hydrogen) atoms. The van der Waals surface area contributed by atoms with Crippen LogP contribution in [-0.2, 0) is 21.3 Å². The highest BCUT2D eigenvalue weighted by Crippen LogP contribution is 2.26. The van der Waals surface area contributed by atoms with Gasteiger partial charge in [-0.3, -0.25) is 0 Å². The Morgan fingerprint density at radius 1 is 1.47 bits per heavy atom. The van der Waals surface area contributed by atoms with Gasteiger partial charge in [0.1, 0.15) is 4.90 Å². The molecule has 5 nitrogen and oxygen atoms in total. The minimum Gasteiger partial charge on any atom is -0.383 e. The van der Waals surface area contributed by atoms with Gasteiger partial charge < -0.3 is 10.5 Å². The number of sulfonamides is 1. The molecular formula is C12H19ClN2O3S. The predicted octanol–water partition coefficient (Wildman–Crippen LogP) is 1.45. The van der Waals surface area contributed by atoms with Crippen LogP contribution in [0.15, 0.2) is 23.1 Å². The van der Waals surface area contributed by atoms with Gasteiger partial charge in [-0.25, -0.2) is 8.42 Å². The number of ether oxygens (including phenoxy) is 1. The number of rotatable bonds is 6. The van der Waals surface area contributed by atoms with Crippen molar-refractivity contribution < 1.29 is 13.2 Å². The van der Waals surface area contributed by atoms with Crippen LogP contribution in [0.4, 0.5) is 0 Å². The van der Waals surface area contributed by atoms with Crippen LogP contribution in [0.1, 0.15) is 12.5 Å². The second kappa shape index (κ2) is 6.67. The summed E-state index contributed by atoms with van der Waals surface area (Å²) in [7, 11) is -0.602. The van der Waals surface area contributed by atoms with Crippen LogP contribution in [0.3, 0.4) is 0 Å². The van der Waals surface area contributed by atoms with E-state index in [9.17, 15) is 8.42 Å². The first-order valence-electron chi connectivity index (χ1n) is 5.80. The van der Waals surface area contributed by atoms with E-state index in [1.807, 2.05) is 0 Å². The Labute approximate surface area is 119 Å². The number of nitrogens with two attached hydrogens (primary N) is 1. The lowest BCUT2D eigenvalue weighted by molar-refractivity contribution is 0.149. The summed E-state index contributed by atoms with van der Waals surface area (Å²) in [5.41, 5.74) is 6.28. The minimum atomic E-state index is -3.64. The number of benzene rings is 1. The van der Waals surface area contributed by atoms with E-state index in [1.165, 1.54) is 24.5 Å². The molecule has 7 heteroatoms. The van der Waals surface area contributed by atoms with Crippen molar-refractivity contribution in [2.75, 3.05) is 20.8 Å². The highest BCUT2D eigenvalue weighted by Gasteiger charge is 2.27. The van der Waals surface area contributed by atoms with E-state index >= 15 is 0 Å². The van der Waals surface area contributed by atoms with Crippen LogP contribution in [0.5, 0.6) is 0 Å². The molecular weight excluding hydrogens is 288 g/mol. The first kappa shape index (κ1) is 16.4. The molecule has 0 bridgehead atoms. The van der Waals surface area contributed by atoms with E-state index in [1.54, 1.807) is 19.1 Å². The fraction of sp³-hybridized carbons (Fsp3) is 0.500. The molecule has 1 aromatic rings. The highest BCUT2D eigenvalue weighted by atomic mass is 35.5. The second-order valence-corrected chi connectivity index (χ2v) is 6.67. The van der Waals surface area contributed by atoms with Gasteiger partial charge in [0.2, 0.25) is 10.0 Å². The van der Waals surface area contributed by atoms with Crippen LogP contribution in [-0.4, -0.2) is 39.5 Å². The van der Waals surface area contributed by atoms with Crippen molar-refractivity contribution in [2.24, 2.45) is 5.73 Å². The van der Waals surface area contributed by atoms with Crippen LogP contribution < -0.4 is 5.73 Å². The molecule has 0 aliphatic heterocycles. The number of halogens is 1. The summed E-state index contributed by atoms with van der Waals surface area (Å²) in [5, 5.41) is 0.180. The first-order chi connectivity index (χ1) is 8.84. The van der Waals surface area contributed by atoms with Gasteiger partial charge >= 0.3 is 0 Å². The van der Waals surface area contributed by atoms with E-state index in [0.29, 0.717) is 13.2 Å². The van der Waals surface area contributed by atoms with Gasteiger partial charge in [-0.1, -0.05) is 17.7 Å². The number of hydrogen-bond donors (Lipinski definition) is 1. The maximum atomic E-state index is 12.4. The Morgan fingerprint density at radius 3 is 2.58 bits per heavy atom. The molecule has 0 spiro atoms. The van der Waals surface area contributed by atoms with E-state index in [4.69, 9.17) is 22.1 Å². The largest absolute Gasteiger partial charge is 0.383 e. The Bertz CT molecular complexity index is 534. The number of nitrogens with zero attached hydrogens (tertiary/aromatic N) is 1. The van der Waals surface area contributed by atoms with E-state index < -0.39 is 10.0 Å². The highest BCUT2D eigenvalue weighted by molar-refractivity contribution is 7.89. The zero-order chi connectivity index (χ0) is 14.6. The van der Waals surface area contributed by atoms with Gasteiger partial charge in [0.05, 0.1) is 11.6 Å². The fourth-order valence-corrected chi connectivity index (χ4v) is 3.50. The molecule has 0 aliphatic rings. The third-order valence-electron chi connectivity index (χ3n) is 2.92. The first-order valence-corrected chi connectivity index (χ1v) is 7.61. The molecule has 108 valence electrons. The topological polar surface area (TPSA) is 72.6 Å². The van der Waals surface area contributed by atoms with Gasteiger partial charge in [0.25, 0.3) is 0 Å². The maximum absolute atomic E-state index is 12.4. The summed E-state index contributed by atoms with van der Waals surface area (Å²) in [4.78, 5) is 0.0804. The van der Waals surface area contributed by atoms with Crippen LogP contribution in [0.2, 0.25) is 5.02 Å². The quantitative estimate of drug-likeness (QED) is 0.863. The zero-order valence-electron chi connectivity index (χ0n) is 11.3. The molecule has 0 aromatic heterocycles. The monoisotopic (exact) mass is 306 g/mol. The third kappa shape index (κ3) is 3.67. The lowest BCUT2D eigenvalue weighted by atomic mass is 10.2. The van der Waals surface area contributed by atoms with Crippen molar-refractivity contribution >= 4 is 21.6 Å². The van der Waals surface area contributed by atoms with Crippen molar-refractivity contribution in [3.8, 4) is 0 Å². The van der Waals surface area contributed by atoms with Crippen molar-refractivity contribution in [1.29, 1.82) is 0 Å². The van der Waals surface area contributed by atoms with E-state index in [2.05, 4.69) is 0 Å². The van der Waals surface area contributed by atoms with E-state index in [0.717, 1.165) is 5.56 Å². The molecule has 0 saturated carbocycles. The zero-order valence-corrected chi connectivity index (χ0v) is 12.8. The second-order valence-electron chi connectivity index (χ2n) is 4.29. The van der Waals surface area contributed by atoms with Crippen molar-refractivity contribution in [3.63, 3.8) is 0 Å². The number of likely N-dealkylation sites (N-methyl/N-ethyl adjacent to an activating group) is 1. The SMILES string of the molecule is COCC(C)N(C)S(=O)(=O)c1ccc(CN)cc1Cl. The summed E-state index contributed by atoms with van der Waals surface area (Å²) in [6, 6.07) is 4.44. The van der Waals surface area contributed by atoms with Crippen LogP contribution in [0.25, 0.3) is 0 Å². The summed E-state index contributed by atoms with van der Waals surface area (Å²) in [5.74, 6) is 0. The van der Waals surface area contributed by atoms with E-state index in [-0.39, 0.29) is 16.0 Å². The molecule has 2 N–H and O–H groups in total. The lowest BCUT2D eigenvalue weighted by Crippen LogP contribution is -2.37. The van der Waals surface area contributed by atoms with Gasteiger partial charge in [-0.05, 0) is 24.6 Å². The van der Waals surface area contributed by atoms with Gasteiger partial charge in [0, 0.05) is 26.7 Å². The molecule has 1 atom stereocenters. The fourth-order valence-electron chi connectivity index (χ4n) is 1.62. The van der Waals surface area contributed by atoms with Gasteiger partial charge in [-0.15, -0.1) is 0 Å². The lowest BCUT2D eigenvalue weighted by Gasteiger charge is -2.24. The van der Waals surface area contributed by atoms with Gasteiger partial charge in [-0.2, -0.15) is 4.31 Å². The Morgan fingerprint density at radius 2 is 2.11 bits per heavy atom. The van der Waals surface area contributed by atoms with Crippen molar-refractivity contribution in [1.82, 2.24) is 4.31 Å². The molecule has 0 aliphatic carbocycles. The summed E-state index contributed by atoms with van der Waals surface area (Å²) in [6.45, 7) is 2.40. The summed E-state index contributed by atoms with van der Waals surface area (Å²) < 4.78 is 31.1. The summed E-state index contributed by atoms with van der Waals surface area (Å²) in [6.07, 6.45) is 0. The molecule has 1 unspecified atom stereocenters. The Hall–Kier alpha value is -0.660. The maximum Gasteiger partial charge on any atom is 0.244 e. The molecule has 0 saturated heterocycles. The van der Waals surface area contributed by atoms with Crippen molar-refractivity contribution in [3.05, 3.63) is 28.8 Å². The van der Waals surface area contributed by atoms with Crippen LogP contribution in [0, 0.1) is 0 Å². The van der Waals surface area contributed by atoms with Gasteiger partial charge in [0.15, 0.2) is 0 Å². The molecule has 0 heterocycles. The molecule has 0 fully saturated rings. The number of methoxy groups -OCH3 is 1. The normalized spacial score (nSPS) is 13.8. The molecule has 0 radical (unpaired) electrons. The Balaban J connectivity index is 3.13. The summed E-state index contributed by atoms with van der Waals surface area (Å²) >= 11 is 6.03. The smallest absolute Gasteiger partial charge is 0.244 e. The van der Waals surface area contributed by atoms with Crippen molar-refractivity contribution in [2.45, 2.75) is 24.4 Å². The standard InChI is InChI=1S/C12H19ClN2O3S/c1-9(8-18-3)15(2)19(16,17)12-5-4-10(7-14)6-11(12)13/h4-6,9H,7-8,14H2,1-3H3. The minimum absolute atomic E-state index is 0.0804. The average Bonchev–Trinajstić information content (AvgIpc) is 2.37. The third-order valence-corrected chi connectivity index (χ3v) is 5.37. The number of hydrogen-bond acceptors (Lipinski definition) is 4. The molecule has 1 aromatic carbocycles. The predicted molar refractivity (Wildman–Crippen MR) is 75.6 cm³/mol. The van der Waals surface area contributed by atoms with Crippen LogP contribution >= 0.6 is 11.6 Å². The molecule has 1 rings (SSSR count). The molecule has 0 amide bonds. The average molecular weight is 307 g/mol.